The van der Waals surface area contributed by atoms with Gasteiger partial charge in [-0.05, 0) is 45.1 Å². The van der Waals surface area contributed by atoms with E-state index in [0.717, 1.165) is 19.6 Å². The van der Waals surface area contributed by atoms with Crippen LogP contribution in [-0.2, 0) is 6.54 Å². The summed E-state index contributed by atoms with van der Waals surface area (Å²) < 4.78 is 0. The molecule has 0 aliphatic carbocycles. The van der Waals surface area contributed by atoms with Gasteiger partial charge in [-0.1, -0.05) is 6.92 Å². The minimum absolute atomic E-state index is 0.163. The van der Waals surface area contributed by atoms with Crippen molar-refractivity contribution in [2.24, 2.45) is 0 Å². The smallest absolute Gasteiger partial charge is 0.0271 e. The molecule has 3 heteroatoms. The predicted octanol–water partition coefficient (Wildman–Crippen LogP) is 1.90. The normalized spacial score (nSPS) is 12.1. The Bertz CT molecular complexity index is 295. The second kappa shape index (κ2) is 5.97. The van der Waals surface area contributed by atoms with Gasteiger partial charge in [-0.2, -0.15) is 0 Å². The van der Waals surface area contributed by atoms with Crippen molar-refractivity contribution >= 4 is 0 Å². The van der Waals surface area contributed by atoms with Crippen LogP contribution >= 0.6 is 0 Å². The highest BCUT2D eigenvalue weighted by Gasteiger charge is 2.18. The Balaban J connectivity index is 2.44. The summed E-state index contributed by atoms with van der Waals surface area (Å²) in [6.45, 7) is 9.63. The molecule has 1 heterocycles. The molecule has 0 atom stereocenters. The van der Waals surface area contributed by atoms with E-state index in [1.807, 2.05) is 12.4 Å². The van der Waals surface area contributed by atoms with E-state index in [1.54, 1.807) is 0 Å². The lowest BCUT2D eigenvalue weighted by Gasteiger charge is -2.31. The lowest BCUT2D eigenvalue weighted by molar-refractivity contribution is 0.231. The van der Waals surface area contributed by atoms with Crippen LogP contribution in [0.3, 0.4) is 0 Å². The van der Waals surface area contributed by atoms with Gasteiger partial charge in [0.1, 0.15) is 0 Å². The number of rotatable bonds is 6. The van der Waals surface area contributed by atoms with Crippen LogP contribution in [-0.4, -0.2) is 35.6 Å². The van der Waals surface area contributed by atoms with Gasteiger partial charge in [0.15, 0.2) is 0 Å². The lowest BCUT2D eigenvalue weighted by Crippen LogP contribution is -2.47. The van der Waals surface area contributed by atoms with E-state index in [-0.39, 0.29) is 5.54 Å². The first-order chi connectivity index (χ1) is 7.53. The van der Waals surface area contributed by atoms with E-state index in [1.165, 1.54) is 5.56 Å². The van der Waals surface area contributed by atoms with Crippen LogP contribution in [0.2, 0.25) is 0 Å². The maximum Gasteiger partial charge on any atom is 0.0271 e. The van der Waals surface area contributed by atoms with Crippen molar-refractivity contribution in [1.82, 2.24) is 15.2 Å². The zero-order chi connectivity index (χ0) is 12.0. The maximum absolute atomic E-state index is 4.03. The third-order valence-electron chi connectivity index (χ3n) is 2.52. The Morgan fingerprint density at radius 2 is 1.94 bits per heavy atom. The van der Waals surface area contributed by atoms with Crippen molar-refractivity contribution in [2.75, 3.05) is 20.1 Å². The SMILES string of the molecule is CCNC(C)(C)CN(C)Cc1ccncc1. The first-order valence-electron chi connectivity index (χ1n) is 5.86. The van der Waals surface area contributed by atoms with Gasteiger partial charge in [0, 0.05) is 31.0 Å². The van der Waals surface area contributed by atoms with Gasteiger partial charge in [0.05, 0.1) is 0 Å². The standard InChI is InChI=1S/C13H23N3/c1-5-15-13(2,3)11-16(4)10-12-6-8-14-9-7-12/h6-9,15H,5,10-11H2,1-4H3. The van der Waals surface area contributed by atoms with E-state index >= 15 is 0 Å². The molecular formula is C13H23N3. The summed E-state index contributed by atoms with van der Waals surface area (Å²) in [6, 6.07) is 4.13. The summed E-state index contributed by atoms with van der Waals surface area (Å²) in [4.78, 5) is 6.36. The Morgan fingerprint density at radius 1 is 1.31 bits per heavy atom. The van der Waals surface area contributed by atoms with E-state index in [9.17, 15) is 0 Å². The molecule has 0 saturated carbocycles. The molecule has 1 aromatic heterocycles. The molecule has 1 rings (SSSR count). The molecule has 0 bridgehead atoms. The number of hydrogen-bond donors (Lipinski definition) is 1. The average molecular weight is 221 g/mol. The van der Waals surface area contributed by atoms with Gasteiger partial charge in [-0.25, -0.2) is 0 Å². The predicted molar refractivity (Wildman–Crippen MR) is 68.3 cm³/mol. The van der Waals surface area contributed by atoms with Crippen molar-refractivity contribution in [2.45, 2.75) is 32.9 Å². The molecule has 0 unspecified atom stereocenters. The number of nitrogens with zero attached hydrogens (tertiary/aromatic N) is 2. The monoisotopic (exact) mass is 221 g/mol. The van der Waals surface area contributed by atoms with Crippen LogP contribution in [0.4, 0.5) is 0 Å². The van der Waals surface area contributed by atoms with Gasteiger partial charge in [0.2, 0.25) is 0 Å². The maximum atomic E-state index is 4.03. The largest absolute Gasteiger partial charge is 0.311 e. The van der Waals surface area contributed by atoms with Crippen molar-refractivity contribution in [3.05, 3.63) is 30.1 Å². The second-order valence-corrected chi connectivity index (χ2v) is 4.94. The molecule has 1 N–H and O–H groups in total. The van der Waals surface area contributed by atoms with Gasteiger partial charge in [0.25, 0.3) is 0 Å². The molecule has 90 valence electrons. The van der Waals surface area contributed by atoms with E-state index in [4.69, 9.17) is 0 Å². The first-order valence-corrected chi connectivity index (χ1v) is 5.86. The molecular weight excluding hydrogens is 198 g/mol. The molecule has 16 heavy (non-hydrogen) atoms. The number of nitrogens with one attached hydrogen (secondary N) is 1. The molecule has 0 aromatic carbocycles. The minimum Gasteiger partial charge on any atom is -0.311 e. The number of hydrogen-bond acceptors (Lipinski definition) is 3. The van der Waals surface area contributed by atoms with Crippen LogP contribution in [0.1, 0.15) is 26.3 Å². The van der Waals surface area contributed by atoms with Gasteiger partial charge < -0.3 is 10.2 Å². The number of likely N-dealkylation sites (N-methyl/N-ethyl adjacent to an activating group) is 2. The summed E-state index contributed by atoms with van der Waals surface area (Å²) in [7, 11) is 2.15. The fraction of sp³-hybridized carbons (Fsp3) is 0.615. The summed E-state index contributed by atoms with van der Waals surface area (Å²) in [5, 5.41) is 3.48. The fourth-order valence-corrected chi connectivity index (χ4v) is 2.07. The first kappa shape index (κ1) is 13.1. The van der Waals surface area contributed by atoms with E-state index in [2.05, 4.69) is 55.2 Å². The van der Waals surface area contributed by atoms with Crippen LogP contribution in [0.5, 0.6) is 0 Å². The Morgan fingerprint density at radius 3 is 2.50 bits per heavy atom. The molecule has 1 aromatic rings. The average Bonchev–Trinajstić information content (AvgIpc) is 2.17. The van der Waals surface area contributed by atoms with E-state index in [0.29, 0.717) is 0 Å². The van der Waals surface area contributed by atoms with Gasteiger partial charge >= 0.3 is 0 Å². The highest BCUT2D eigenvalue weighted by molar-refractivity contribution is 5.09. The second-order valence-electron chi connectivity index (χ2n) is 4.94. The van der Waals surface area contributed by atoms with Crippen LogP contribution in [0, 0.1) is 0 Å². The van der Waals surface area contributed by atoms with Gasteiger partial charge in [-0.3, -0.25) is 4.98 Å². The van der Waals surface area contributed by atoms with Crippen molar-refractivity contribution in [3.63, 3.8) is 0 Å². The minimum atomic E-state index is 0.163. The van der Waals surface area contributed by atoms with Crippen LogP contribution < -0.4 is 5.32 Å². The quantitative estimate of drug-likeness (QED) is 0.795. The summed E-state index contributed by atoms with van der Waals surface area (Å²) in [5.74, 6) is 0. The van der Waals surface area contributed by atoms with Crippen molar-refractivity contribution in [1.29, 1.82) is 0 Å². The van der Waals surface area contributed by atoms with Crippen molar-refractivity contribution < 1.29 is 0 Å². The van der Waals surface area contributed by atoms with Gasteiger partial charge in [-0.15, -0.1) is 0 Å². The topological polar surface area (TPSA) is 28.2 Å². The molecule has 3 nitrogen and oxygen atoms in total. The fourth-order valence-electron chi connectivity index (χ4n) is 2.07. The number of pyridine rings is 1. The molecule has 0 fully saturated rings. The van der Waals surface area contributed by atoms with E-state index < -0.39 is 0 Å². The zero-order valence-electron chi connectivity index (χ0n) is 10.8. The Kier molecular flexibility index (Phi) is 4.90. The molecule has 0 radical (unpaired) electrons. The zero-order valence-corrected chi connectivity index (χ0v) is 10.8. The number of aromatic nitrogens is 1. The molecule has 0 saturated heterocycles. The molecule has 0 aliphatic heterocycles. The third kappa shape index (κ3) is 4.73. The highest BCUT2D eigenvalue weighted by atomic mass is 15.1. The summed E-state index contributed by atoms with van der Waals surface area (Å²) in [5.41, 5.74) is 1.47. The summed E-state index contributed by atoms with van der Waals surface area (Å²) in [6.07, 6.45) is 3.69. The molecule has 0 amide bonds. The van der Waals surface area contributed by atoms with Crippen LogP contribution in [0.25, 0.3) is 0 Å². The highest BCUT2D eigenvalue weighted by Crippen LogP contribution is 2.07. The third-order valence-corrected chi connectivity index (χ3v) is 2.52. The molecule has 0 aliphatic rings. The van der Waals surface area contributed by atoms with Crippen LogP contribution in [0.15, 0.2) is 24.5 Å². The molecule has 0 spiro atoms. The Hall–Kier alpha value is -0.930. The lowest BCUT2D eigenvalue weighted by atomic mass is 10.0. The van der Waals surface area contributed by atoms with Crippen molar-refractivity contribution in [3.8, 4) is 0 Å². The Labute approximate surface area is 98.9 Å². The summed E-state index contributed by atoms with van der Waals surface area (Å²) >= 11 is 0.